The van der Waals surface area contributed by atoms with E-state index >= 15 is 0 Å². The Labute approximate surface area is 119 Å². The number of hydrogen-bond acceptors (Lipinski definition) is 4. The van der Waals surface area contributed by atoms with Crippen LogP contribution in [-0.4, -0.2) is 34.2 Å². The average Bonchev–Trinajstić information content (AvgIpc) is 2.98. The quantitative estimate of drug-likeness (QED) is 0.883. The molecule has 0 radical (unpaired) electrons. The maximum Gasteiger partial charge on any atom is 0.240 e. The highest BCUT2D eigenvalue weighted by Gasteiger charge is 2.21. The van der Waals surface area contributed by atoms with Crippen LogP contribution >= 0.6 is 0 Å². The van der Waals surface area contributed by atoms with E-state index < -0.39 is 10.0 Å². The highest BCUT2D eigenvalue weighted by Crippen LogP contribution is 2.25. The van der Waals surface area contributed by atoms with E-state index in [4.69, 9.17) is 4.74 Å². The van der Waals surface area contributed by atoms with Crippen molar-refractivity contribution in [3.05, 3.63) is 23.8 Å². The SMILES string of the molecule is O=S(=O)(NCC1CCCO1)c1ccc2c(c1)CCCN2. The largest absolute Gasteiger partial charge is 0.385 e. The van der Waals surface area contributed by atoms with Crippen LogP contribution in [-0.2, 0) is 21.2 Å². The van der Waals surface area contributed by atoms with Crippen LogP contribution in [0.2, 0.25) is 0 Å². The highest BCUT2D eigenvalue weighted by molar-refractivity contribution is 7.89. The van der Waals surface area contributed by atoms with Gasteiger partial charge in [0, 0.05) is 25.4 Å². The van der Waals surface area contributed by atoms with Crippen LogP contribution in [0.1, 0.15) is 24.8 Å². The third kappa shape index (κ3) is 2.97. The van der Waals surface area contributed by atoms with Crippen LogP contribution in [0.3, 0.4) is 0 Å². The highest BCUT2D eigenvalue weighted by atomic mass is 32.2. The van der Waals surface area contributed by atoms with Crippen molar-refractivity contribution in [1.29, 1.82) is 0 Å². The molecule has 0 saturated carbocycles. The Hall–Kier alpha value is -1.11. The predicted molar refractivity (Wildman–Crippen MR) is 77.4 cm³/mol. The van der Waals surface area contributed by atoms with Gasteiger partial charge in [0.05, 0.1) is 11.0 Å². The molecule has 0 amide bonds. The Kier molecular flexibility index (Phi) is 3.96. The van der Waals surface area contributed by atoms with E-state index in [9.17, 15) is 8.42 Å². The monoisotopic (exact) mass is 296 g/mol. The number of fused-ring (bicyclic) bond motifs is 1. The van der Waals surface area contributed by atoms with E-state index in [2.05, 4.69) is 10.0 Å². The minimum atomic E-state index is -3.44. The molecular formula is C14H20N2O3S. The first-order valence-corrected chi connectivity index (χ1v) is 8.61. The molecule has 2 aliphatic rings. The topological polar surface area (TPSA) is 67.4 Å². The minimum absolute atomic E-state index is 0.0177. The summed E-state index contributed by atoms with van der Waals surface area (Å²) >= 11 is 0. The lowest BCUT2D eigenvalue weighted by Crippen LogP contribution is -2.32. The van der Waals surface area contributed by atoms with Gasteiger partial charge in [0.25, 0.3) is 0 Å². The van der Waals surface area contributed by atoms with Gasteiger partial charge in [-0.25, -0.2) is 13.1 Å². The maximum absolute atomic E-state index is 12.3. The molecule has 0 aromatic heterocycles. The summed E-state index contributed by atoms with van der Waals surface area (Å²) in [5.74, 6) is 0. The third-order valence-electron chi connectivity index (χ3n) is 3.85. The number of hydrogen-bond donors (Lipinski definition) is 2. The number of anilines is 1. The molecule has 0 spiro atoms. The van der Waals surface area contributed by atoms with Crippen LogP contribution < -0.4 is 10.0 Å². The van der Waals surface area contributed by atoms with Crippen LogP contribution in [0.5, 0.6) is 0 Å². The molecule has 1 atom stereocenters. The number of aryl methyl sites for hydroxylation is 1. The first-order valence-electron chi connectivity index (χ1n) is 7.13. The second-order valence-electron chi connectivity index (χ2n) is 5.34. The fraction of sp³-hybridized carbons (Fsp3) is 0.571. The molecular weight excluding hydrogens is 276 g/mol. The lowest BCUT2D eigenvalue weighted by Gasteiger charge is -2.19. The fourth-order valence-corrected chi connectivity index (χ4v) is 3.83. The Morgan fingerprint density at radius 3 is 3.05 bits per heavy atom. The summed E-state index contributed by atoms with van der Waals surface area (Å²) in [5.41, 5.74) is 2.13. The molecule has 1 saturated heterocycles. The van der Waals surface area contributed by atoms with Crippen molar-refractivity contribution in [3.63, 3.8) is 0 Å². The van der Waals surface area contributed by atoms with E-state index in [1.165, 1.54) is 0 Å². The van der Waals surface area contributed by atoms with E-state index in [0.29, 0.717) is 11.4 Å². The Bertz CT molecular complexity index is 580. The first-order chi connectivity index (χ1) is 9.65. The van der Waals surface area contributed by atoms with Crippen LogP contribution in [0, 0.1) is 0 Å². The zero-order valence-electron chi connectivity index (χ0n) is 11.4. The van der Waals surface area contributed by atoms with Gasteiger partial charge in [0.15, 0.2) is 0 Å². The summed E-state index contributed by atoms with van der Waals surface area (Å²) < 4.78 is 32.7. The fourth-order valence-electron chi connectivity index (χ4n) is 2.71. The van der Waals surface area contributed by atoms with Crippen molar-refractivity contribution >= 4 is 15.7 Å². The van der Waals surface area contributed by atoms with Gasteiger partial charge in [-0.05, 0) is 49.4 Å². The summed E-state index contributed by atoms with van der Waals surface area (Å²) in [6.45, 7) is 2.05. The van der Waals surface area contributed by atoms with Crippen molar-refractivity contribution in [1.82, 2.24) is 4.72 Å². The van der Waals surface area contributed by atoms with Crippen LogP contribution in [0.15, 0.2) is 23.1 Å². The lowest BCUT2D eigenvalue weighted by molar-refractivity contribution is 0.114. The summed E-state index contributed by atoms with van der Waals surface area (Å²) in [6, 6.07) is 5.30. The molecule has 2 aliphatic heterocycles. The molecule has 0 aliphatic carbocycles. The summed E-state index contributed by atoms with van der Waals surface area (Å²) in [6.07, 6.45) is 3.93. The molecule has 3 rings (SSSR count). The number of ether oxygens (including phenoxy) is 1. The van der Waals surface area contributed by atoms with Gasteiger partial charge < -0.3 is 10.1 Å². The van der Waals surface area contributed by atoms with Crippen LogP contribution in [0.4, 0.5) is 5.69 Å². The molecule has 2 heterocycles. The van der Waals surface area contributed by atoms with Gasteiger partial charge in [-0.3, -0.25) is 0 Å². The Morgan fingerprint density at radius 1 is 1.35 bits per heavy atom. The van der Waals surface area contributed by atoms with Gasteiger partial charge >= 0.3 is 0 Å². The van der Waals surface area contributed by atoms with Gasteiger partial charge in [-0.1, -0.05) is 0 Å². The molecule has 1 aromatic carbocycles. The Balaban J connectivity index is 1.73. The molecule has 110 valence electrons. The maximum atomic E-state index is 12.3. The number of nitrogens with one attached hydrogen (secondary N) is 2. The number of rotatable bonds is 4. The molecule has 6 heteroatoms. The van der Waals surface area contributed by atoms with Crippen molar-refractivity contribution in [2.75, 3.05) is 25.0 Å². The molecule has 1 aromatic rings. The summed E-state index contributed by atoms with van der Waals surface area (Å²) in [5, 5.41) is 3.28. The smallest absolute Gasteiger partial charge is 0.240 e. The molecule has 20 heavy (non-hydrogen) atoms. The zero-order chi connectivity index (χ0) is 14.0. The summed E-state index contributed by atoms with van der Waals surface area (Å²) in [7, 11) is -3.44. The molecule has 1 fully saturated rings. The van der Waals surface area contributed by atoms with E-state index in [0.717, 1.165) is 50.1 Å². The van der Waals surface area contributed by atoms with E-state index in [1.54, 1.807) is 12.1 Å². The second kappa shape index (κ2) is 5.71. The van der Waals surface area contributed by atoms with Crippen molar-refractivity contribution < 1.29 is 13.2 Å². The van der Waals surface area contributed by atoms with Gasteiger partial charge in [-0.15, -0.1) is 0 Å². The van der Waals surface area contributed by atoms with Crippen molar-refractivity contribution in [2.45, 2.75) is 36.7 Å². The lowest BCUT2D eigenvalue weighted by atomic mass is 10.0. The normalized spacial score (nSPS) is 22.3. The first kappa shape index (κ1) is 13.9. The second-order valence-corrected chi connectivity index (χ2v) is 7.10. The zero-order valence-corrected chi connectivity index (χ0v) is 12.2. The third-order valence-corrected chi connectivity index (χ3v) is 5.27. The van der Waals surface area contributed by atoms with Gasteiger partial charge in [-0.2, -0.15) is 0 Å². The predicted octanol–water partition coefficient (Wildman–Crippen LogP) is 1.50. The van der Waals surface area contributed by atoms with Crippen molar-refractivity contribution in [2.24, 2.45) is 0 Å². The standard InChI is InChI=1S/C14H20N2O3S/c17-20(18,16-10-12-4-2-8-19-12)13-5-6-14-11(9-13)3-1-7-15-14/h5-6,9,12,15-16H,1-4,7-8,10H2. The number of benzene rings is 1. The molecule has 2 N–H and O–H groups in total. The minimum Gasteiger partial charge on any atom is -0.385 e. The van der Waals surface area contributed by atoms with Gasteiger partial charge in [0.1, 0.15) is 0 Å². The van der Waals surface area contributed by atoms with Crippen LogP contribution in [0.25, 0.3) is 0 Å². The summed E-state index contributed by atoms with van der Waals surface area (Å²) in [4.78, 5) is 0.345. The van der Waals surface area contributed by atoms with E-state index in [1.807, 2.05) is 6.07 Å². The van der Waals surface area contributed by atoms with Crippen molar-refractivity contribution in [3.8, 4) is 0 Å². The van der Waals surface area contributed by atoms with E-state index in [-0.39, 0.29) is 6.10 Å². The average molecular weight is 296 g/mol. The Morgan fingerprint density at radius 2 is 2.25 bits per heavy atom. The molecule has 1 unspecified atom stereocenters. The van der Waals surface area contributed by atoms with Gasteiger partial charge in [0.2, 0.25) is 10.0 Å². The molecule has 5 nitrogen and oxygen atoms in total. The number of sulfonamides is 1. The molecule has 0 bridgehead atoms.